The lowest BCUT2D eigenvalue weighted by molar-refractivity contribution is -0.133. The summed E-state index contributed by atoms with van der Waals surface area (Å²) >= 11 is 0. The van der Waals surface area contributed by atoms with Gasteiger partial charge in [0.1, 0.15) is 11.5 Å². The van der Waals surface area contributed by atoms with Crippen molar-refractivity contribution in [3.8, 4) is 11.5 Å². The molecule has 0 fully saturated rings. The second-order valence-electron chi connectivity index (χ2n) is 2.77. The van der Waals surface area contributed by atoms with Crippen LogP contribution in [0.4, 0.5) is 0 Å². The van der Waals surface area contributed by atoms with Gasteiger partial charge >= 0.3 is 11.9 Å². The van der Waals surface area contributed by atoms with Gasteiger partial charge in [-0.25, -0.2) is 9.59 Å². The number of hydrogen-bond donors (Lipinski definition) is 1. The van der Waals surface area contributed by atoms with Crippen LogP contribution in [0, 0.1) is 0 Å². The van der Waals surface area contributed by atoms with Crippen molar-refractivity contribution in [1.82, 2.24) is 0 Å². The Morgan fingerprint density at radius 2 is 1.69 bits per heavy atom. The number of esters is 1. The fraction of sp³-hybridized carbons (Fsp3) is 0.0909. The molecule has 0 aliphatic rings. The highest BCUT2D eigenvalue weighted by molar-refractivity contribution is 5.91. The van der Waals surface area contributed by atoms with Gasteiger partial charge in [-0.3, -0.25) is 0 Å². The molecule has 1 aromatic rings. The first-order valence-electron chi connectivity index (χ1n) is 4.38. The molecule has 0 spiro atoms. The van der Waals surface area contributed by atoms with Crippen molar-refractivity contribution in [3.63, 3.8) is 0 Å². The first-order chi connectivity index (χ1) is 7.61. The zero-order chi connectivity index (χ0) is 12.0. The number of carbonyl (C=O) groups excluding carboxylic acids is 1. The Balaban J connectivity index is 2.59. The molecule has 0 atom stereocenters. The molecule has 0 unspecified atom stereocenters. The Kier molecular flexibility index (Phi) is 4.08. The second-order valence-corrected chi connectivity index (χ2v) is 2.77. The first kappa shape index (κ1) is 11.8. The highest BCUT2D eigenvalue weighted by atomic mass is 16.5. The molecule has 0 saturated heterocycles. The molecule has 0 aromatic heterocycles. The predicted octanol–water partition coefficient (Wildman–Crippen LogP) is 1.24. The van der Waals surface area contributed by atoms with Crippen LogP contribution in [-0.4, -0.2) is 24.2 Å². The Morgan fingerprint density at radius 1 is 1.12 bits per heavy atom. The molecular weight excluding hydrogens is 212 g/mol. The molecular formula is C11H10O5. The quantitative estimate of drug-likeness (QED) is 0.471. The standard InChI is InChI=1S/C11H10O5/c1-15-8-2-4-9(5-3-8)16-11(14)7-6-10(12)13/h2-7H,1H3,(H,12,13)/b7-6+. The predicted molar refractivity (Wildman–Crippen MR) is 55.4 cm³/mol. The van der Waals surface area contributed by atoms with Crippen molar-refractivity contribution in [2.24, 2.45) is 0 Å². The van der Waals surface area contributed by atoms with Crippen molar-refractivity contribution >= 4 is 11.9 Å². The van der Waals surface area contributed by atoms with Crippen molar-refractivity contribution < 1.29 is 24.2 Å². The molecule has 84 valence electrons. The summed E-state index contributed by atoms with van der Waals surface area (Å²) in [4.78, 5) is 21.2. The van der Waals surface area contributed by atoms with Crippen LogP contribution in [0.5, 0.6) is 11.5 Å². The van der Waals surface area contributed by atoms with Crippen LogP contribution in [-0.2, 0) is 9.59 Å². The van der Waals surface area contributed by atoms with E-state index >= 15 is 0 Å². The van der Waals surface area contributed by atoms with Gasteiger partial charge < -0.3 is 14.6 Å². The minimum Gasteiger partial charge on any atom is -0.497 e. The van der Waals surface area contributed by atoms with Gasteiger partial charge in [0.2, 0.25) is 0 Å². The number of carbonyl (C=O) groups is 2. The maximum Gasteiger partial charge on any atom is 0.336 e. The molecule has 16 heavy (non-hydrogen) atoms. The SMILES string of the molecule is COc1ccc(OC(=O)/C=C/C(=O)O)cc1. The molecule has 0 heterocycles. The molecule has 1 aromatic carbocycles. The molecule has 1 N–H and O–H groups in total. The summed E-state index contributed by atoms with van der Waals surface area (Å²) in [5, 5.41) is 8.29. The molecule has 0 saturated carbocycles. The van der Waals surface area contributed by atoms with Crippen LogP contribution in [0.2, 0.25) is 0 Å². The van der Waals surface area contributed by atoms with E-state index in [1.165, 1.54) is 7.11 Å². The number of carboxylic acid groups (broad SMARTS) is 1. The molecule has 5 heteroatoms. The third-order valence-corrected chi connectivity index (χ3v) is 1.64. The monoisotopic (exact) mass is 222 g/mol. The summed E-state index contributed by atoms with van der Waals surface area (Å²) in [6, 6.07) is 6.35. The molecule has 0 amide bonds. The van der Waals surface area contributed by atoms with Crippen LogP contribution < -0.4 is 9.47 Å². The molecule has 0 radical (unpaired) electrons. The number of ether oxygens (including phenoxy) is 2. The largest absolute Gasteiger partial charge is 0.497 e. The van der Waals surface area contributed by atoms with Gasteiger partial charge in [0.15, 0.2) is 0 Å². The van der Waals surface area contributed by atoms with Gasteiger partial charge in [-0.1, -0.05) is 0 Å². The molecule has 5 nitrogen and oxygen atoms in total. The summed E-state index contributed by atoms with van der Waals surface area (Å²) in [5.74, 6) is -0.985. The highest BCUT2D eigenvalue weighted by Crippen LogP contribution is 2.17. The summed E-state index contributed by atoms with van der Waals surface area (Å²) in [6.07, 6.45) is 1.55. The summed E-state index contributed by atoms with van der Waals surface area (Å²) in [7, 11) is 1.52. The number of carboxylic acids is 1. The van der Waals surface area contributed by atoms with E-state index in [4.69, 9.17) is 14.6 Å². The maximum atomic E-state index is 11.1. The van der Waals surface area contributed by atoms with Gasteiger partial charge in [0.05, 0.1) is 7.11 Å². The number of aliphatic carboxylic acids is 1. The third-order valence-electron chi connectivity index (χ3n) is 1.64. The van der Waals surface area contributed by atoms with Gasteiger partial charge in [-0.15, -0.1) is 0 Å². The van der Waals surface area contributed by atoms with E-state index in [-0.39, 0.29) is 0 Å². The van der Waals surface area contributed by atoms with E-state index in [9.17, 15) is 9.59 Å². The van der Waals surface area contributed by atoms with Crippen molar-refractivity contribution in [2.75, 3.05) is 7.11 Å². The fourth-order valence-electron chi connectivity index (χ4n) is 0.933. The number of rotatable bonds is 4. The van der Waals surface area contributed by atoms with E-state index in [0.29, 0.717) is 17.6 Å². The minimum atomic E-state index is -1.20. The summed E-state index contributed by atoms with van der Waals surface area (Å²) in [5.41, 5.74) is 0. The summed E-state index contributed by atoms with van der Waals surface area (Å²) in [6.45, 7) is 0. The highest BCUT2D eigenvalue weighted by Gasteiger charge is 2.01. The third kappa shape index (κ3) is 3.83. The smallest absolute Gasteiger partial charge is 0.336 e. The molecule has 0 aliphatic carbocycles. The van der Waals surface area contributed by atoms with E-state index in [1.807, 2.05) is 0 Å². The number of hydrogen-bond acceptors (Lipinski definition) is 4. The van der Waals surface area contributed by atoms with Gasteiger partial charge in [0.25, 0.3) is 0 Å². The maximum absolute atomic E-state index is 11.1. The van der Waals surface area contributed by atoms with E-state index < -0.39 is 11.9 Å². The zero-order valence-electron chi connectivity index (χ0n) is 8.54. The van der Waals surface area contributed by atoms with Crippen LogP contribution in [0.1, 0.15) is 0 Å². The van der Waals surface area contributed by atoms with Gasteiger partial charge in [-0.05, 0) is 24.3 Å². The molecule has 0 aliphatic heterocycles. The minimum absolute atomic E-state index is 0.320. The average molecular weight is 222 g/mol. The van der Waals surface area contributed by atoms with Crippen molar-refractivity contribution in [3.05, 3.63) is 36.4 Å². The Bertz CT molecular complexity index is 405. The van der Waals surface area contributed by atoms with Crippen LogP contribution >= 0.6 is 0 Å². The van der Waals surface area contributed by atoms with Crippen LogP contribution in [0.3, 0.4) is 0 Å². The lowest BCUT2D eigenvalue weighted by Gasteiger charge is -2.02. The topological polar surface area (TPSA) is 72.8 Å². The number of benzene rings is 1. The van der Waals surface area contributed by atoms with Gasteiger partial charge in [-0.2, -0.15) is 0 Å². The Hall–Kier alpha value is -2.30. The zero-order valence-corrected chi connectivity index (χ0v) is 8.54. The second kappa shape index (κ2) is 5.55. The molecule has 0 bridgehead atoms. The lowest BCUT2D eigenvalue weighted by Crippen LogP contribution is -2.04. The number of methoxy groups -OCH3 is 1. The van der Waals surface area contributed by atoms with Gasteiger partial charge in [0, 0.05) is 12.2 Å². The Morgan fingerprint density at radius 3 is 2.19 bits per heavy atom. The normalized spacial score (nSPS) is 10.1. The van der Waals surface area contributed by atoms with Crippen molar-refractivity contribution in [2.45, 2.75) is 0 Å². The van der Waals surface area contributed by atoms with Crippen LogP contribution in [0.15, 0.2) is 36.4 Å². The Labute approximate surface area is 91.9 Å². The fourth-order valence-corrected chi connectivity index (χ4v) is 0.933. The van der Waals surface area contributed by atoms with Crippen LogP contribution in [0.25, 0.3) is 0 Å². The van der Waals surface area contributed by atoms with E-state index in [1.54, 1.807) is 24.3 Å². The lowest BCUT2D eigenvalue weighted by atomic mass is 10.3. The average Bonchev–Trinajstić information content (AvgIpc) is 2.27. The van der Waals surface area contributed by atoms with Crippen molar-refractivity contribution in [1.29, 1.82) is 0 Å². The summed E-state index contributed by atoms with van der Waals surface area (Å²) < 4.78 is 9.74. The van der Waals surface area contributed by atoms with E-state index in [0.717, 1.165) is 6.08 Å². The molecule has 1 rings (SSSR count). The first-order valence-corrected chi connectivity index (χ1v) is 4.38. The van der Waals surface area contributed by atoms with E-state index in [2.05, 4.69) is 0 Å².